The van der Waals surface area contributed by atoms with Crippen LogP contribution in [-0.4, -0.2) is 22.1 Å². The van der Waals surface area contributed by atoms with Crippen molar-refractivity contribution in [2.24, 2.45) is 0 Å². The summed E-state index contributed by atoms with van der Waals surface area (Å²) in [4.78, 5) is 8.04. The number of benzene rings is 1. The summed E-state index contributed by atoms with van der Waals surface area (Å²) in [7, 11) is 0. The number of nitrogens with one attached hydrogen (secondary N) is 3. The molecule has 5 nitrogen and oxygen atoms in total. The maximum atomic E-state index is 14.0. The number of nitrogens with zero attached hydrogens (tertiary/aromatic N) is 2. The molecule has 116 valence electrons. The Bertz CT molecular complexity index is 921. The third kappa shape index (κ3) is 2.61. The van der Waals surface area contributed by atoms with Crippen LogP contribution in [0.25, 0.3) is 11.0 Å². The smallest absolute Gasteiger partial charge is 0.182 e. The minimum atomic E-state index is -1.11. The molecule has 2 aromatic heterocycles. The molecule has 0 unspecified atom stereocenters. The summed E-state index contributed by atoms with van der Waals surface area (Å²) in [5, 5.41) is 16.4. The lowest BCUT2D eigenvalue weighted by Crippen LogP contribution is -2.30. The van der Waals surface area contributed by atoms with Crippen LogP contribution < -0.4 is 4.90 Å². The summed E-state index contributed by atoms with van der Waals surface area (Å²) in [6, 6.07) is 5.37. The number of aromatic nitrogens is 2. The van der Waals surface area contributed by atoms with Crippen molar-refractivity contribution in [2.45, 2.75) is 0 Å². The van der Waals surface area contributed by atoms with E-state index in [1.54, 1.807) is 18.5 Å². The third-order valence-corrected chi connectivity index (χ3v) is 3.75. The molecule has 0 amide bonds. The first-order valence-corrected chi connectivity index (χ1v) is 7.27. The number of anilines is 1. The number of amidine groups is 1. The van der Waals surface area contributed by atoms with Crippen molar-refractivity contribution in [2.75, 3.05) is 4.90 Å². The second kappa shape index (κ2) is 5.88. The Morgan fingerprint density at radius 2 is 2.13 bits per heavy atom. The highest BCUT2D eigenvalue weighted by molar-refractivity contribution is 9.10. The van der Waals surface area contributed by atoms with Gasteiger partial charge in [0.25, 0.3) is 0 Å². The Hall–Kier alpha value is -2.61. The molecule has 0 aliphatic rings. The van der Waals surface area contributed by atoms with Crippen molar-refractivity contribution in [3.63, 3.8) is 0 Å². The van der Waals surface area contributed by atoms with E-state index in [4.69, 9.17) is 10.8 Å². The summed E-state index contributed by atoms with van der Waals surface area (Å²) < 4.78 is 28.1. The highest BCUT2D eigenvalue weighted by Crippen LogP contribution is 2.26. The van der Waals surface area contributed by atoms with Gasteiger partial charge in [0, 0.05) is 27.8 Å². The Balaban J connectivity index is 2.11. The summed E-state index contributed by atoms with van der Waals surface area (Å²) in [6.07, 6.45) is 3.91. The van der Waals surface area contributed by atoms with E-state index in [0.717, 1.165) is 21.8 Å². The van der Waals surface area contributed by atoms with Crippen LogP contribution >= 0.6 is 15.9 Å². The van der Waals surface area contributed by atoms with Gasteiger partial charge in [0.1, 0.15) is 11.5 Å². The molecule has 0 bridgehead atoms. The van der Waals surface area contributed by atoms with Gasteiger partial charge in [-0.2, -0.15) is 0 Å². The normalized spacial score (nSPS) is 10.7. The van der Waals surface area contributed by atoms with Crippen molar-refractivity contribution >= 4 is 44.8 Å². The molecule has 3 rings (SSSR count). The molecule has 0 spiro atoms. The van der Waals surface area contributed by atoms with E-state index in [1.165, 1.54) is 12.1 Å². The van der Waals surface area contributed by atoms with Gasteiger partial charge >= 0.3 is 0 Å². The second-order valence-electron chi connectivity index (χ2n) is 4.67. The first kappa shape index (κ1) is 15.3. The minimum absolute atomic E-state index is 0.171. The molecule has 3 aromatic rings. The van der Waals surface area contributed by atoms with Crippen molar-refractivity contribution < 1.29 is 8.78 Å². The quantitative estimate of drug-likeness (QED) is 0.475. The van der Waals surface area contributed by atoms with Crippen LogP contribution in [-0.2, 0) is 0 Å². The fraction of sp³-hybridized carbons (Fsp3) is 0. The summed E-state index contributed by atoms with van der Waals surface area (Å²) in [5.41, 5.74) is 0.765. The maximum absolute atomic E-state index is 14.0. The number of halogens is 3. The number of hydrogen-bond acceptors (Lipinski definition) is 3. The zero-order chi connectivity index (χ0) is 16.6. The molecule has 0 saturated carbocycles. The average Bonchev–Trinajstić information content (AvgIpc) is 2.95. The molecule has 0 aliphatic carbocycles. The van der Waals surface area contributed by atoms with Crippen LogP contribution in [0.2, 0.25) is 0 Å². The number of hydrogen-bond donors (Lipinski definition) is 3. The van der Waals surface area contributed by atoms with Gasteiger partial charge < -0.3 is 4.98 Å². The van der Waals surface area contributed by atoms with Crippen molar-refractivity contribution in [3.05, 3.63) is 58.3 Å². The zero-order valence-corrected chi connectivity index (χ0v) is 13.2. The topological polar surface area (TPSA) is 79.6 Å². The number of aromatic amines is 1. The molecule has 0 radical (unpaired) electrons. The van der Waals surface area contributed by atoms with Gasteiger partial charge in [0.15, 0.2) is 11.6 Å². The van der Waals surface area contributed by atoms with Gasteiger partial charge in [-0.25, -0.2) is 13.8 Å². The Kier molecular flexibility index (Phi) is 3.91. The molecule has 0 aliphatic heterocycles. The first-order chi connectivity index (χ1) is 11.0. The van der Waals surface area contributed by atoms with Crippen LogP contribution in [0.4, 0.5) is 14.5 Å². The molecule has 3 N–H and O–H groups in total. The zero-order valence-electron chi connectivity index (χ0n) is 11.6. The monoisotopic (exact) mass is 377 g/mol. The molecule has 1 aromatic carbocycles. The lowest BCUT2D eigenvalue weighted by atomic mass is 10.1. The number of fused-ring (bicyclic) bond motifs is 1. The Labute approximate surface area is 138 Å². The molecular formula is C15H10BrF2N5. The van der Waals surface area contributed by atoms with Crippen LogP contribution in [0, 0.1) is 22.5 Å². The summed E-state index contributed by atoms with van der Waals surface area (Å²) >= 11 is 3.31. The van der Waals surface area contributed by atoms with Crippen LogP contribution in [0.3, 0.4) is 0 Å². The SMILES string of the molecule is N=CN(C(=N)c1c[nH]c2ncc(Br)cc12)c1cccc(F)c1F. The predicted octanol–water partition coefficient (Wildman–Crippen LogP) is 4.04. The fourth-order valence-corrected chi connectivity index (χ4v) is 2.57. The van der Waals surface area contributed by atoms with Gasteiger partial charge in [-0.1, -0.05) is 6.07 Å². The number of H-pyrrole nitrogens is 1. The van der Waals surface area contributed by atoms with Gasteiger partial charge in [-0.15, -0.1) is 0 Å². The van der Waals surface area contributed by atoms with Crippen LogP contribution in [0.1, 0.15) is 5.56 Å². The van der Waals surface area contributed by atoms with E-state index in [9.17, 15) is 8.78 Å². The lowest BCUT2D eigenvalue weighted by molar-refractivity contribution is 0.510. The Morgan fingerprint density at radius 1 is 1.35 bits per heavy atom. The molecule has 8 heteroatoms. The van der Waals surface area contributed by atoms with Gasteiger partial charge in [0.05, 0.1) is 12.0 Å². The fourth-order valence-electron chi connectivity index (χ4n) is 2.24. The highest BCUT2D eigenvalue weighted by atomic mass is 79.9. The van der Waals surface area contributed by atoms with Crippen molar-refractivity contribution in [1.82, 2.24) is 9.97 Å². The first-order valence-electron chi connectivity index (χ1n) is 6.48. The van der Waals surface area contributed by atoms with E-state index >= 15 is 0 Å². The summed E-state index contributed by atoms with van der Waals surface area (Å²) in [5.74, 6) is -2.32. The van der Waals surface area contributed by atoms with Crippen molar-refractivity contribution in [3.8, 4) is 0 Å². The summed E-state index contributed by atoms with van der Waals surface area (Å²) in [6.45, 7) is 0. The average molecular weight is 378 g/mol. The van der Waals surface area contributed by atoms with Gasteiger partial charge in [0.2, 0.25) is 0 Å². The maximum Gasteiger partial charge on any atom is 0.182 e. The van der Waals surface area contributed by atoms with E-state index < -0.39 is 11.6 Å². The lowest BCUT2D eigenvalue weighted by Gasteiger charge is -2.20. The second-order valence-corrected chi connectivity index (χ2v) is 5.59. The highest BCUT2D eigenvalue weighted by Gasteiger charge is 2.20. The third-order valence-electron chi connectivity index (χ3n) is 3.31. The molecule has 0 fully saturated rings. The Morgan fingerprint density at radius 3 is 2.87 bits per heavy atom. The number of rotatable bonds is 3. The molecular weight excluding hydrogens is 368 g/mol. The number of pyridine rings is 1. The van der Waals surface area contributed by atoms with Crippen LogP contribution in [0.5, 0.6) is 0 Å². The molecule has 0 saturated heterocycles. The predicted molar refractivity (Wildman–Crippen MR) is 88.2 cm³/mol. The van der Waals surface area contributed by atoms with E-state index in [2.05, 4.69) is 25.9 Å². The van der Waals surface area contributed by atoms with E-state index in [-0.39, 0.29) is 11.5 Å². The van der Waals surface area contributed by atoms with E-state index in [0.29, 0.717) is 16.6 Å². The molecule has 0 atom stereocenters. The van der Waals surface area contributed by atoms with Crippen molar-refractivity contribution in [1.29, 1.82) is 10.8 Å². The van der Waals surface area contributed by atoms with Gasteiger partial charge in [-0.05, 0) is 34.1 Å². The molecule has 2 heterocycles. The van der Waals surface area contributed by atoms with Gasteiger partial charge in [-0.3, -0.25) is 15.7 Å². The standard InChI is InChI=1S/C15H10BrF2N5/c16-8-4-9-10(6-22-15(9)21-5-8)14(20)23(7-19)12-3-1-2-11(17)13(12)18/h1-7,19-20H,(H,21,22). The largest absolute Gasteiger partial charge is 0.345 e. The molecule has 23 heavy (non-hydrogen) atoms. The van der Waals surface area contributed by atoms with Crippen LogP contribution in [0.15, 0.2) is 41.1 Å². The van der Waals surface area contributed by atoms with E-state index in [1.807, 2.05) is 0 Å². The minimum Gasteiger partial charge on any atom is -0.345 e.